The maximum absolute atomic E-state index is 12.3. The minimum atomic E-state index is -0.355. The SMILES string of the molecule is CC(=O)N1CC(N2C(=O)c3cccc(N)c3C2=O)C1. The molecule has 0 radical (unpaired) electrons. The van der Waals surface area contributed by atoms with Crippen molar-refractivity contribution in [1.82, 2.24) is 9.80 Å². The van der Waals surface area contributed by atoms with Gasteiger partial charge in [0, 0.05) is 25.7 Å². The largest absolute Gasteiger partial charge is 0.398 e. The van der Waals surface area contributed by atoms with Crippen LogP contribution in [0.1, 0.15) is 27.6 Å². The third-order valence-electron chi connectivity index (χ3n) is 3.65. The number of nitrogen functional groups attached to an aromatic ring is 1. The lowest BCUT2D eigenvalue weighted by Crippen LogP contribution is -2.61. The average Bonchev–Trinajstić information content (AvgIpc) is 2.53. The van der Waals surface area contributed by atoms with E-state index in [1.54, 1.807) is 23.1 Å². The minimum absolute atomic E-state index is 0.0487. The van der Waals surface area contributed by atoms with Crippen molar-refractivity contribution in [3.63, 3.8) is 0 Å². The fourth-order valence-corrected chi connectivity index (χ4v) is 2.54. The Morgan fingerprint density at radius 2 is 1.95 bits per heavy atom. The van der Waals surface area contributed by atoms with Gasteiger partial charge in [0.2, 0.25) is 5.91 Å². The zero-order valence-corrected chi connectivity index (χ0v) is 10.4. The molecule has 1 fully saturated rings. The summed E-state index contributed by atoms with van der Waals surface area (Å²) in [6, 6.07) is 4.63. The molecular weight excluding hydrogens is 246 g/mol. The molecule has 2 heterocycles. The molecule has 3 amide bonds. The Balaban J connectivity index is 1.88. The highest BCUT2D eigenvalue weighted by Crippen LogP contribution is 2.31. The number of carbonyl (C=O) groups is 3. The molecule has 0 spiro atoms. The number of nitrogens with two attached hydrogens (primary N) is 1. The number of amides is 3. The van der Waals surface area contributed by atoms with E-state index in [1.807, 2.05) is 0 Å². The second-order valence-corrected chi connectivity index (χ2v) is 4.83. The normalized spacial score (nSPS) is 18.6. The van der Waals surface area contributed by atoms with E-state index in [9.17, 15) is 14.4 Å². The third-order valence-corrected chi connectivity index (χ3v) is 3.65. The molecule has 2 N–H and O–H groups in total. The highest BCUT2D eigenvalue weighted by atomic mass is 16.2. The van der Waals surface area contributed by atoms with Crippen molar-refractivity contribution in [3.8, 4) is 0 Å². The number of nitrogens with zero attached hydrogens (tertiary/aromatic N) is 2. The van der Waals surface area contributed by atoms with Gasteiger partial charge in [0.1, 0.15) is 0 Å². The molecule has 0 unspecified atom stereocenters. The van der Waals surface area contributed by atoms with E-state index in [1.165, 1.54) is 11.8 Å². The van der Waals surface area contributed by atoms with Crippen molar-refractivity contribution in [2.24, 2.45) is 0 Å². The van der Waals surface area contributed by atoms with E-state index in [-0.39, 0.29) is 29.3 Å². The van der Waals surface area contributed by atoms with Gasteiger partial charge in [-0.1, -0.05) is 6.07 Å². The number of fused-ring (bicyclic) bond motifs is 1. The van der Waals surface area contributed by atoms with Gasteiger partial charge in [0.05, 0.1) is 17.2 Å². The van der Waals surface area contributed by atoms with Crippen LogP contribution in [0.25, 0.3) is 0 Å². The summed E-state index contributed by atoms with van der Waals surface area (Å²) in [5.74, 6) is -0.723. The molecule has 6 nitrogen and oxygen atoms in total. The van der Waals surface area contributed by atoms with Crippen LogP contribution in [0.2, 0.25) is 0 Å². The summed E-state index contributed by atoms with van der Waals surface area (Å²) in [6.07, 6.45) is 0. The lowest BCUT2D eigenvalue weighted by Gasteiger charge is -2.42. The first-order chi connectivity index (χ1) is 9.00. The van der Waals surface area contributed by atoms with Gasteiger partial charge in [-0.25, -0.2) is 0 Å². The summed E-state index contributed by atoms with van der Waals surface area (Å²) in [7, 11) is 0. The number of rotatable bonds is 1. The van der Waals surface area contributed by atoms with E-state index < -0.39 is 0 Å². The molecule has 0 aromatic heterocycles. The van der Waals surface area contributed by atoms with E-state index in [2.05, 4.69) is 0 Å². The lowest BCUT2D eigenvalue weighted by atomic mass is 10.1. The number of hydrogen-bond acceptors (Lipinski definition) is 4. The molecule has 2 aliphatic heterocycles. The van der Waals surface area contributed by atoms with Crippen LogP contribution >= 0.6 is 0 Å². The molecule has 98 valence electrons. The Bertz CT molecular complexity index is 605. The molecule has 1 aromatic rings. The fourth-order valence-electron chi connectivity index (χ4n) is 2.54. The summed E-state index contributed by atoms with van der Waals surface area (Å²) in [6.45, 7) is 2.28. The van der Waals surface area contributed by atoms with Crippen LogP contribution in [-0.4, -0.2) is 46.7 Å². The highest BCUT2D eigenvalue weighted by molar-refractivity contribution is 6.23. The Labute approximate surface area is 109 Å². The smallest absolute Gasteiger partial charge is 0.264 e. The van der Waals surface area contributed by atoms with Gasteiger partial charge in [0.15, 0.2) is 0 Å². The van der Waals surface area contributed by atoms with Crippen molar-refractivity contribution < 1.29 is 14.4 Å². The van der Waals surface area contributed by atoms with Crippen LogP contribution in [0.4, 0.5) is 5.69 Å². The van der Waals surface area contributed by atoms with Gasteiger partial charge in [-0.3, -0.25) is 19.3 Å². The summed E-state index contributed by atoms with van der Waals surface area (Å²) in [4.78, 5) is 38.4. The van der Waals surface area contributed by atoms with Crippen LogP contribution in [0, 0.1) is 0 Å². The van der Waals surface area contributed by atoms with Crippen molar-refractivity contribution in [1.29, 1.82) is 0 Å². The molecule has 1 saturated heterocycles. The van der Waals surface area contributed by atoms with E-state index >= 15 is 0 Å². The van der Waals surface area contributed by atoms with Gasteiger partial charge >= 0.3 is 0 Å². The van der Waals surface area contributed by atoms with Crippen molar-refractivity contribution >= 4 is 23.4 Å². The summed E-state index contributed by atoms with van der Waals surface area (Å²) < 4.78 is 0. The molecule has 6 heteroatoms. The molecule has 0 aliphatic carbocycles. The number of hydrogen-bond donors (Lipinski definition) is 1. The highest BCUT2D eigenvalue weighted by Gasteiger charge is 2.45. The van der Waals surface area contributed by atoms with E-state index in [4.69, 9.17) is 5.73 Å². The summed E-state index contributed by atoms with van der Waals surface area (Å²) in [5.41, 5.74) is 6.72. The Morgan fingerprint density at radius 3 is 2.53 bits per heavy atom. The number of imide groups is 1. The summed E-state index contributed by atoms with van der Waals surface area (Å²) in [5, 5.41) is 0. The van der Waals surface area contributed by atoms with Gasteiger partial charge < -0.3 is 10.6 Å². The Kier molecular flexibility index (Phi) is 2.35. The zero-order valence-electron chi connectivity index (χ0n) is 10.4. The first-order valence-electron chi connectivity index (χ1n) is 6.02. The predicted octanol–water partition coefficient (Wildman–Crippen LogP) is 0.0955. The van der Waals surface area contributed by atoms with Crippen LogP contribution in [0.15, 0.2) is 18.2 Å². The predicted molar refractivity (Wildman–Crippen MR) is 67.4 cm³/mol. The van der Waals surface area contributed by atoms with Crippen LogP contribution in [0.3, 0.4) is 0 Å². The monoisotopic (exact) mass is 259 g/mol. The van der Waals surface area contributed by atoms with Crippen LogP contribution < -0.4 is 5.73 Å². The van der Waals surface area contributed by atoms with Gasteiger partial charge in [-0.15, -0.1) is 0 Å². The minimum Gasteiger partial charge on any atom is -0.398 e. The number of carbonyl (C=O) groups excluding carboxylic acids is 3. The third kappa shape index (κ3) is 1.53. The molecule has 3 rings (SSSR count). The van der Waals surface area contributed by atoms with Crippen LogP contribution in [-0.2, 0) is 4.79 Å². The van der Waals surface area contributed by atoms with Crippen molar-refractivity contribution in [2.75, 3.05) is 18.8 Å². The zero-order chi connectivity index (χ0) is 13.7. The molecule has 0 atom stereocenters. The molecule has 1 aromatic carbocycles. The quantitative estimate of drug-likeness (QED) is 0.572. The second kappa shape index (κ2) is 3.81. The van der Waals surface area contributed by atoms with Crippen LogP contribution in [0.5, 0.6) is 0 Å². The molecule has 19 heavy (non-hydrogen) atoms. The molecular formula is C13H13N3O3. The standard InChI is InChI=1S/C13H13N3O3/c1-7(17)15-5-8(6-15)16-12(18)9-3-2-4-10(14)11(9)13(16)19/h2-4,8H,5-6,14H2,1H3. The number of anilines is 1. The molecule has 0 saturated carbocycles. The van der Waals surface area contributed by atoms with Crippen molar-refractivity contribution in [2.45, 2.75) is 13.0 Å². The van der Waals surface area contributed by atoms with Gasteiger partial charge in [0.25, 0.3) is 11.8 Å². The maximum atomic E-state index is 12.3. The Hall–Kier alpha value is -2.37. The van der Waals surface area contributed by atoms with Gasteiger partial charge in [-0.2, -0.15) is 0 Å². The number of likely N-dealkylation sites (tertiary alicyclic amines) is 1. The fraction of sp³-hybridized carbons (Fsp3) is 0.308. The summed E-state index contributed by atoms with van der Waals surface area (Å²) >= 11 is 0. The van der Waals surface area contributed by atoms with E-state index in [0.29, 0.717) is 24.3 Å². The topological polar surface area (TPSA) is 83.7 Å². The lowest BCUT2D eigenvalue weighted by molar-refractivity contribution is -0.134. The molecule has 2 aliphatic rings. The maximum Gasteiger partial charge on any atom is 0.264 e. The molecule has 0 bridgehead atoms. The van der Waals surface area contributed by atoms with Crippen molar-refractivity contribution in [3.05, 3.63) is 29.3 Å². The second-order valence-electron chi connectivity index (χ2n) is 4.83. The van der Waals surface area contributed by atoms with E-state index in [0.717, 1.165) is 0 Å². The van der Waals surface area contributed by atoms with Gasteiger partial charge in [-0.05, 0) is 12.1 Å². The average molecular weight is 259 g/mol. The number of benzene rings is 1. The first-order valence-corrected chi connectivity index (χ1v) is 6.02. The Morgan fingerprint density at radius 1 is 1.26 bits per heavy atom. The first kappa shape index (κ1) is 11.7.